The number of esters is 1. The lowest BCUT2D eigenvalue weighted by Gasteiger charge is -2.31. The number of methoxy groups -OCH3 is 1. The van der Waals surface area contributed by atoms with Crippen molar-refractivity contribution in [3.63, 3.8) is 0 Å². The maximum Gasteiger partial charge on any atom is 0.337 e. The molecule has 0 aromatic heterocycles. The minimum atomic E-state index is -0.277. The quantitative estimate of drug-likeness (QED) is 0.729. The van der Waals surface area contributed by atoms with Gasteiger partial charge < -0.3 is 4.74 Å². The summed E-state index contributed by atoms with van der Waals surface area (Å²) in [6.07, 6.45) is 3.47. The Hall–Kier alpha value is -1.31. The molecule has 1 fully saturated rings. The molecule has 17 heavy (non-hydrogen) atoms. The Morgan fingerprint density at radius 2 is 1.76 bits per heavy atom. The molecule has 0 aliphatic heterocycles. The molecule has 1 aliphatic rings. The highest BCUT2D eigenvalue weighted by Gasteiger charge is 2.53. The Bertz CT molecular complexity index is 419. The van der Waals surface area contributed by atoms with E-state index in [9.17, 15) is 4.79 Å². The molecule has 1 unspecified atom stereocenters. The van der Waals surface area contributed by atoms with Crippen LogP contribution in [0.5, 0.6) is 0 Å². The van der Waals surface area contributed by atoms with Gasteiger partial charge in [0.15, 0.2) is 0 Å². The summed E-state index contributed by atoms with van der Waals surface area (Å²) in [5, 5.41) is 0. The van der Waals surface area contributed by atoms with Crippen LogP contribution in [0.1, 0.15) is 43.1 Å². The fourth-order valence-corrected chi connectivity index (χ4v) is 2.40. The van der Waals surface area contributed by atoms with E-state index >= 15 is 0 Å². The third-order valence-corrected chi connectivity index (χ3v) is 3.77. The molecule has 0 spiro atoms. The van der Waals surface area contributed by atoms with Crippen LogP contribution in [0.25, 0.3) is 0 Å². The standard InChI is InChI=1S/C15H19O2/c1-14(2,3)15(9-10-15)12-7-5-11(6-8-12)13(16)17-4/h5-9H,10H2,1-4H3. The van der Waals surface area contributed by atoms with Crippen LogP contribution < -0.4 is 0 Å². The number of carbonyl (C=O) groups excluding carboxylic acids is 1. The summed E-state index contributed by atoms with van der Waals surface area (Å²) in [7, 11) is 1.40. The fraction of sp³-hybridized carbons (Fsp3) is 0.467. The second-order valence-corrected chi connectivity index (χ2v) is 5.70. The molecular formula is C15H19O2. The molecule has 0 N–H and O–H groups in total. The van der Waals surface area contributed by atoms with E-state index in [1.807, 2.05) is 24.3 Å². The summed E-state index contributed by atoms with van der Waals surface area (Å²) in [6.45, 7) is 6.76. The number of benzene rings is 1. The molecule has 2 rings (SSSR count). The van der Waals surface area contributed by atoms with Crippen molar-refractivity contribution in [3.05, 3.63) is 41.8 Å². The molecule has 0 saturated heterocycles. The molecule has 1 aliphatic carbocycles. The van der Waals surface area contributed by atoms with Gasteiger partial charge in [-0.25, -0.2) is 4.79 Å². The number of hydrogen-bond donors (Lipinski definition) is 0. The van der Waals surface area contributed by atoms with Gasteiger partial charge in [-0.15, -0.1) is 0 Å². The highest BCUT2D eigenvalue weighted by molar-refractivity contribution is 5.89. The molecule has 2 heteroatoms. The second-order valence-electron chi connectivity index (χ2n) is 5.70. The first kappa shape index (κ1) is 12.2. The summed E-state index contributed by atoms with van der Waals surface area (Å²) < 4.78 is 4.70. The second kappa shape index (κ2) is 3.86. The van der Waals surface area contributed by atoms with Gasteiger partial charge in [-0.1, -0.05) is 32.9 Å². The third-order valence-electron chi connectivity index (χ3n) is 3.77. The molecule has 2 nitrogen and oxygen atoms in total. The van der Waals surface area contributed by atoms with Gasteiger partial charge in [0.25, 0.3) is 0 Å². The average molecular weight is 231 g/mol. The van der Waals surface area contributed by atoms with Gasteiger partial charge in [0, 0.05) is 5.41 Å². The van der Waals surface area contributed by atoms with Crippen LogP contribution >= 0.6 is 0 Å². The summed E-state index contributed by atoms with van der Waals surface area (Å²) in [4.78, 5) is 11.4. The van der Waals surface area contributed by atoms with Crippen LogP contribution in [0, 0.1) is 11.8 Å². The average Bonchev–Trinajstić information content (AvgIpc) is 3.08. The Morgan fingerprint density at radius 3 is 2.12 bits per heavy atom. The normalized spacial score (nSPS) is 17.6. The van der Waals surface area contributed by atoms with Crippen LogP contribution in [0.15, 0.2) is 24.3 Å². The smallest absolute Gasteiger partial charge is 0.337 e. The molecule has 1 saturated carbocycles. The highest BCUT2D eigenvalue weighted by Crippen LogP contribution is 2.58. The zero-order chi connectivity index (χ0) is 12.7. The van der Waals surface area contributed by atoms with Gasteiger partial charge in [0.2, 0.25) is 0 Å². The van der Waals surface area contributed by atoms with E-state index in [-0.39, 0.29) is 16.8 Å². The van der Waals surface area contributed by atoms with Crippen LogP contribution in [-0.2, 0) is 10.2 Å². The monoisotopic (exact) mass is 231 g/mol. The van der Waals surface area contributed by atoms with E-state index in [1.54, 1.807) is 0 Å². The van der Waals surface area contributed by atoms with Gasteiger partial charge in [0.05, 0.1) is 12.7 Å². The largest absolute Gasteiger partial charge is 0.465 e. The van der Waals surface area contributed by atoms with Gasteiger partial charge in [0.1, 0.15) is 0 Å². The zero-order valence-electron chi connectivity index (χ0n) is 10.9. The summed E-state index contributed by atoms with van der Waals surface area (Å²) in [5.41, 5.74) is 2.31. The van der Waals surface area contributed by atoms with Crippen molar-refractivity contribution in [1.29, 1.82) is 0 Å². The lowest BCUT2D eigenvalue weighted by molar-refractivity contribution is 0.0600. The maximum atomic E-state index is 11.4. The highest BCUT2D eigenvalue weighted by atomic mass is 16.5. The van der Waals surface area contributed by atoms with Crippen LogP contribution in [-0.4, -0.2) is 13.1 Å². The van der Waals surface area contributed by atoms with Gasteiger partial charge >= 0.3 is 5.97 Å². The van der Waals surface area contributed by atoms with E-state index in [1.165, 1.54) is 12.7 Å². The van der Waals surface area contributed by atoms with E-state index < -0.39 is 0 Å². The van der Waals surface area contributed by atoms with Crippen LogP contribution in [0.4, 0.5) is 0 Å². The van der Waals surface area contributed by atoms with Gasteiger partial charge in [-0.2, -0.15) is 0 Å². The molecule has 91 valence electrons. The predicted octanol–water partition coefficient (Wildman–Crippen LogP) is 3.37. The van der Waals surface area contributed by atoms with Crippen LogP contribution in [0.2, 0.25) is 0 Å². The van der Waals surface area contributed by atoms with Gasteiger partial charge in [-0.05, 0) is 36.0 Å². The number of hydrogen-bond acceptors (Lipinski definition) is 2. The van der Waals surface area contributed by atoms with Crippen molar-refractivity contribution in [2.75, 3.05) is 7.11 Å². The van der Waals surface area contributed by atoms with Crippen molar-refractivity contribution in [1.82, 2.24) is 0 Å². The van der Waals surface area contributed by atoms with E-state index in [0.29, 0.717) is 5.56 Å². The first-order valence-electron chi connectivity index (χ1n) is 5.94. The first-order valence-corrected chi connectivity index (χ1v) is 5.94. The third kappa shape index (κ3) is 1.97. The molecule has 0 bridgehead atoms. The first-order chi connectivity index (χ1) is 7.90. The topological polar surface area (TPSA) is 26.3 Å². The molecule has 1 aromatic carbocycles. The predicted molar refractivity (Wildman–Crippen MR) is 67.8 cm³/mol. The Balaban J connectivity index is 2.28. The summed E-state index contributed by atoms with van der Waals surface area (Å²) >= 11 is 0. The lowest BCUT2D eigenvalue weighted by Crippen LogP contribution is -2.26. The Labute approximate surface area is 103 Å². The van der Waals surface area contributed by atoms with E-state index in [2.05, 4.69) is 27.2 Å². The van der Waals surface area contributed by atoms with Gasteiger partial charge in [-0.3, -0.25) is 0 Å². The summed E-state index contributed by atoms with van der Waals surface area (Å²) in [6, 6.07) is 7.78. The van der Waals surface area contributed by atoms with E-state index in [4.69, 9.17) is 4.74 Å². The number of ether oxygens (including phenoxy) is 1. The SMILES string of the molecule is COC(=O)c1ccc(C2(C(C)(C)C)[CH]C2)cc1. The summed E-state index contributed by atoms with van der Waals surface area (Å²) in [5.74, 6) is -0.277. The zero-order valence-corrected chi connectivity index (χ0v) is 10.9. The molecule has 1 atom stereocenters. The Morgan fingerprint density at radius 1 is 1.24 bits per heavy atom. The lowest BCUT2D eigenvalue weighted by atomic mass is 9.73. The van der Waals surface area contributed by atoms with Crippen molar-refractivity contribution in [3.8, 4) is 0 Å². The molecule has 0 heterocycles. The fourth-order valence-electron chi connectivity index (χ4n) is 2.40. The minimum absolute atomic E-state index is 0.182. The molecular weight excluding hydrogens is 212 g/mol. The van der Waals surface area contributed by atoms with Crippen molar-refractivity contribution < 1.29 is 9.53 Å². The number of rotatable bonds is 2. The molecule has 1 aromatic rings. The Kier molecular flexibility index (Phi) is 2.76. The maximum absolute atomic E-state index is 11.4. The van der Waals surface area contributed by atoms with Crippen molar-refractivity contribution >= 4 is 5.97 Å². The minimum Gasteiger partial charge on any atom is -0.465 e. The molecule has 0 amide bonds. The van der Waals surface area contributed by atoms with E-state index in [0.717, 1.165) is 6.42 Å². The van der Waals surface area contributed by atoms with Crippen molar-refractivity contribution in [2.24, 2.45) is 5.41 Å². The van der Waals surface area contributed by atoms with Crippen LogP contribution in [0.3, 0.4) is 0 Å². The molecule has 1 radical (unpaired) electrons. The van der Waals surface area contributed by atoms with Crippen molar-refractivity contribution in [2.45, 2.75) is 32.6 Å². The number of carbonyl (C=O) groups is 1.